The van der Waals surface area contributed by atoms with Crippen molar-refractivity contribution in [2.75, 3.05) is 11.5 Å². The Morgan fingerprint density at radius 1 is 1.37 bits per heavy atom. The van der Waals surface area contributed by atoms with E-state index in [0.29, 0.717) is 17.5 Å². The van der Waals surface area contributed by atoms with Gasteiger partial charge in [-0.1, -0.05) is 38.1 Å². The molecule has 0 aliphatic carbocycles. The summed E-state index contributed by atoms with van der Waals surface area (Å²) in [5.74, 6) is 2.57. The molecule has 1 heterocycles. The van der Waals surface area contributed by atoms with Crippen LogP contribution in [-0.2, 0) is 6.42 Å². The van der Waals surface area contributed by atoms with Crippen molar-refractivity contribution in [3.63, 3.8) is 0 Å². The van der Waals surface area contributed by atoms with Crippen LogP contribution in [0.2, 0.25) is 0 Å². The Hall–Kier alpha value is -0.470. The SMILES string of the molecule is Cc1ccccc1CC(C)NC1CSCC(C)(C)C1. The Labute approximate surface area is 122 Å². The molecule has 2 unspecified atom stereocenters. The first-order chi connectivity index (χ1) is 8.96. The minimum absolute atomic E-state index is 0.489. The quantitative estimate of drug-likeness (QED) is 0.891. The molecule has 2 heteroatoms. The summed E-state index contributed by atoms with van der Waals surface area (Å²) in [6.07, 6.45) is 2.44. The fraction of sp³-hybridized carbons (Fsp3) is 0.647. The molecule has 2 atom stereocenters. The van der Waals surface area contributed by atoms with Gasteiger partial charge in [0.15, 0.2) is 0 Å². The van der Waals surface area contributed by atoms with Crippen LogP contribution in [0.25, 0.3) is 0 Å². The lowest BCUT2D eigenvalue weighted by Crippen LogP contribution is -2.45. The van der Waals surface area contributed by atoms with Crippen molar-refractivity contribution in [2.45, 2.75) is 52.6 Å². The van der Waals surface area contributed by atoms with E-state index < -0.39 is 0 Å². The van der Waals surface area contributed by atoms with E-state index in [1.165, 1.54) is 29.1 Å². The summed E-state index contributed by atoms with van der Waals surface area (Å²) >= 11 is 2.10. The third-order valence-electron chi connectivity index (χ3n) is 3.92. The summed E-state index contributed by atoms with van der Waals surface area (Å²) in [6.45, 7) is 9.31. The van der Waals surface area contributed by atoms with E-state index in [-0.39, 0.29) is 0 Å². The molecule has 19 heavy (non-hydrogen) atoms. The average molecular weight is 277 g/mol. The zero-order valence-corrected chi connectivity index (χ0v) is 13.5. The van der Waals surface area contributed by atoms with Crippen LogP contribution in [0.1, 0.15) is 38.3 Å². The van der Waals surface area contributed by atoms with Crippen molar-refractivity contribution in [2.24, 2.45) is 5.41 Å². The highest BCUT2D eigenvalue weighted by atomic mass is 32.2. The van der Waals surface area contributed by atoms with Crippen LogP contribution in [0.3, 0.4) is 0 Å². The highest BCUT2D eigenvalue weighted by molar-refractivity contribution is 7.99. The number of aryl methyl sites for hydroxylation is 1. The van der Waals surface area contributed by atoms with Gasteiger partial charge in [0.2, 0.25) is 0 Å². The van der Waals surface area contributed by atoms with Gasteiger partial charge < -0.3 is 5.32 Å². The first-order valence-corrected chi connectivity index (χ1v) is 8.50. The van der Waals surface area contributed by atoms with Crippen molar-refractivity contribution in [1.82, 2.24) is 5.32 Å². The van der Waals surface area contributed by atoms with Crippen molar-refractivity contribution < 1.29 is 0 Å². The number of benzene rings is 1. The summed E-state index contributed by atoms with van der Waals surface area (Å²) < 4.78 is 0. The van der Waals surface area contributed by atoms with Gasteiger partial charge in [0.05, 0.1) is 0 Å². The molecule has 0 bridgehead atoms. The van der Waals surface area contributed by atoms with E-state index in [1.807, 2.05) is 0 Å². The molecular formula is C17H27NS. The van der Waals surface area contributed by atoms with Gasteiger partial charge in [0.25, 0.3) is 0 Å². The molecule has 1 saturated heterocycles. The maximum atomic E-state index is 3.83. The standard InChI is InChI=1S/C17H27NS/c1-13-7-5-6-8-15(13)9-14(2)18-16-10-17(3,4)12-19-11-16/h5-8,14,16,18H,9-12H2,1-4H3. The van der Waals surface area contributed by atoms with Gasteiger partial charge in [-0.05, 0) is 49.0 Å². The molecular weight excluding hydrogens is 250 g/mol. The molecule has 0 amide bonds. The van der Waals surface area contributed by atoms with Crippen molar-refractivity contribution >= 4 is 11.8 Å². The second-order valence-corrected chi connectivity index (χ2v) is 7.81. The molecule has 106 valence electrons. The second kappa shape index (κ2) is 6.32. The third-order valence-corrected chi connectivity index (χ3v) is 5.54. The lowest BCUT2D eigenvalue weighted by Gasteiger charge is -2.36. The van der Waals surface area contributed by atoms with Crippen LogP contribution in [0.15, 0.2) is 24.3 Å². The van der Waals surface area contributed by atoms with Crippen molar-refractivity contribution in [3.8, 4) is 0 Å². The van der Waals surface area contributed by atoms with Gasteiger partial charge >= 0.3 is 0 Å². The summed E-state index contributed by atoms with van der Waals surface area (Å²) in [7, 11) is 0. The Kier molecular flexibility index (Phi) is 4.97. The van der Waals surface area contributed by atoms with Gasteiger partial charge in [-0.3, -0.25) is 0 Å². The first kappa shape index (κ1) is 14.9. The number of hydrogen-bond acceptors (Lipinski definition) is 2. The highest BCUT2D eigenvalue weighted by Crippen LogP contribution is 2.33. The molecule has 0 radical (unpaired) electrons. The van der Waals surface area contributed by atoms with Gasteiger partial charge in [-0.25, -0.2) is 0 Å². The summed E-state index contributed by atoms with van der Waals surface area (Å²) in [4.78, 5) is 0. The minimum atomic E-state index is 0.489. The molecule has 1 N–H and O–H groups in total. The molecule has 1 fully saturated rings. The predicted octanol–water partition coefficient (Wildman–Crippen LogP) is 4.05. The van der Waals surface area contributed by atoms with Crippen LogP contribution in [0, 0.1) is 12.3 Å². The van der Waals surface area contributed by atoms with Crippen LogP contribution in [0.4, 0.5) is 0 Å². The average Bonchev–Trinajstić information content (AvgIpc) is 2.30. The van der Waals surface area contributed by atoms with E-state index in [9.17, 15) is 0 Å². The van der Waals surface area contributed by atoms with Crippen molar-refractivity contribution in [3.05, 3.63) is 35.4 Å². The largest absolute Gasteiger partial charge is 0.310 e. The number of thioether (sulfide) groups is 1. The molecule has 2 rings (SSSR count). The van der Waals surface area contributed by atoms with E-state index in [1.54, 1.807) is 0 Å². The number of rotatable bonds is 4. The van der Waals surface area contributed by atoms with Crippen molar-refractivity contribution in [1.29, 1.82) is 0 Å². The van der Waals surface area contributed by atoms with E-state index in [2.05, 4.69) is 69.0 Å². The molecule has 1 aromatic rings. The maximum Gasteiger partial charge on any atom is 0.0166 e. The van der Waals surface area contributed by atoms with Crippen LogP contribution >= 0.6 is 11.8 Å². The lowest BCUT2D eigenvalue weighted by atomic mass is 9.87. The fourth-order valence-corrected chi connectivity index (χ4v) is 4.29. The topological polar surface area (TPSA) is 12.0 Å². The van der Waals surface area contributed by atoms with E-state index >= 15 is 0 Å². The van der Waals surface area contributed by atoms with Crippen LogP contribution < -0.4 is 5.32 Å². The van der Waals surface area contributed by atoms with Gasteiger partial charge in [0, 0.05) is 17.8 Å². The van der Waals surface area contributed by atoms with Gasteiger partial charge in [0.1, 0.15) is 0 Å². The number of nitrogens with one attached hydrogen (secondary N) is 1. The van der Waals surface area contributed by atoms with Gasteiger partial charge in [-0.15, -0.1) is 0 Å². The third kappa shape index (κ3) is 4.54. The Morgan fingerprint density at radius 3 is 2.79 bits per heavy atom. The Bertz CT molecular complexity index is 413. The highest BCUT2D eigenvalue weighted by Gasteiger charge is 2.28. The fourth-order valence-electron chi connectivity index (χ4n) is 3.00. The smallest absolute Gasteiger partial charge is 0.0166 e. The van der Waals surface area contributed by atoms with Gasteiger partial charge in [-0.2, -0.15) is 11.8 Å². The molecule has 0 saturated carbocycles. The zero-order valence-electron chi connectivity index (χ0n) is 12.7. The lowest BCUT2D eigenvalue weighted by molar-refractivity contribution is 0.303. The minimum Gasteiger partial charge on any atom is -0.310 e. The normalized spacial score (nSPS) is 24.1. The second-order valence-electron chi connectivity index (χ2n) is 6.78. The molecule has 0 aromatic heterocycles. The Balaban J connectivity index is 1.88. The van der Waals surface area contributed by atoms with E-state index in [4.69, 9.17) is 0 Å². The predicted molar refractivity (Wildman–Crippen MR) is 87.0 cm³/mol. The maximum absolute atomic E-state index is 3.83. The zero-order chi connectivity index (χ0) is 13.9. The molecule has 1 nitrogen and oxygen atoms in total. The number of hydrogen-bond donors (Lipinski definition) is 1. The molecule has 1 aromatic carbocycles. The molecule has 1 aliphatic heterocycles. The molecule has 1 aliphatic rings. The Morgan fingerprint density at radius 2 is 2.11 bits per heavy atom. The van der Waals surface area contributed by atoms with Crippen LogP contribution in [0.5, 0.6) is 0 Å². The van der Waals surface area contributed by atoms with E-state index in [0.717, 1.165) is 6.42 Å². The summed E-state index contributed by atoms with van der Waals surface area (Å²) in [6, 6.07) is 9.97. The summed E-state index contributed by atoms with van der Waals surface area (Å²) in [5.41, 5.74) is 3.38. The summed E-state index contributed by atoms with van der Waals surface area (Å²) in [5, 5.41) is 3.83. The van der Waals surface area contributed by atoms with Crippen LogP contribution in [-0.4, -0.2) is 23.6 Å². The molecule has 0 spiro atoms. The monoisotopic (exact) mass is 277 g/mol. The first-order valence-electron chi connectivity index (χ1n) is 7.34.